The molecule has 2 nitrogen and oxygen atoms in total. The van der Waals surface area contributed by atoms with Gasteiger partial charge in [-0.05, 0) is 18.3 Å². The van der Waals surface area contributed by atoms with Crippen LogP contribution in [0, 0.1) is 10.8 Å². The van der Waals surface area contributed by atoms with Crippen LogP contribution in [0.25, 0.3) is 0 Å². The Morgan fingerprint density at radius 1 is 1.29 bits per heavy atom. The minimum atomic E-state index is -0.426. The summed E-state index contributed by atoms with van der Waals surface area (Å²) < 4.78 is 0. The van der Waals surface area contributed by atoms with Crippen LogP contribution in [0.2, 0.25) is 0 Å². The van der Waals surface area contributed by atoms with Crippen molar-refractivity contribution in [3.05, 3.63) is 0 Å². The molecular formula is C12H24O2. The fourth-order valence-electron chi connectivity index (χ4n) is 2.65. The van der Waals surface area contributed by atoms with Crippen molar-refractivity contribution >= 4 is 0 Å². The first-order chi connectivity index (χ1) is 6.28. The molecule has 0 amide bonds. The summed E-state index contributed by atoms with van der Waals surface area (Å²) in [7, 11) is 0. The van der Waals surface area contributed by atoms with Crippen molar-refractivity contribution in [2.75, 3.05) is 0 Å². The molecule has 1 aliphatic carbocycles. The van der Waals surface area contributed by atoms with Gasteiger partial charge in [-0.25, -0.2) is 0 Å². The molecule has 0 aromatic heterocycles. The zero-order valence-corrected chi connectivity index (χ0v) is 9.88. The molecule has 3 unspecified atom stereocenters. The van der Waals surface area contributed by atoms with Crippen LogP contribution in [-0.4, -0.2) is 22.4 Å². The number of aliphatic hydroxyl groups is 2. The SMILES string of the molecule is CC(C)(C)C(O)C1(C)CCCCC1O. The maximum absolute atomic E-state index is 10.3. The largest absolute Gasteiger partial charge is 0.392 e. The molecule has 84 valence electrons. The summed E-state index contributed by atoms with van der Waals surface area (Å²) in [6, 6.07) is 0. The van der Waals surface area contributed by atoms with Crippen molar-refractivity contribution in [3.63, 3.8) is 0 Å². The molecule has 0 heterocycles. The van der Waals surface area contributed by atoms with Crippen LogP contribution in [0.15, 0.2) is 0 Å². The van der Waals surface area contributed by atoms with Gasteiger partial charge in [-0.15, -0.1) is 0 Å². The van der Waals surface area contributed by atoms with Gasteiger partial charge in [0, 0.05) is 5.41 Å². The van der Waals surface area contributed by atoms with Crippen molar-refractivity contribution < 1.29 is 10.2 Å². The Kier molecular flexibility index (Phi) is 3.27. The molecule has 0 aromatic carbocycles. The van der Waals surface area contributed by atoms with E-state index in [1.165, 1.54) is 0 Å². The third-order valence-corrected chi connectivity index (χ3v) is 3.65. The summed E-state index contributed by atoms with van der Waals surface area (Å²) in [6.07, 6.45) is 3.22. The minimum absolute atomic E-state index is 0.146. The first kappa shape index (κ1) is 12.0. The van der Waals surface area contributed by atoms with Crippen LogP contribution < -0.4 is 0 Å². The van der Waals surface area contributed by atoms with Crippen molar-refractivity contribution in [1.82, 2.24) is 0 Å². The topological polar surface area (TPSA) is 40.5 Å². The van der Waals surface area contributed by atoms with E-state index in [0.29, 0.717) is 0 Å². The van der Waals surface area contributed by atoms with Crippen molar-refractivity contribution in [2.24, 2.45) is 10.8 Å². The van der Waals surface area contributed by atoms with Crippen LogP contribution in [0.4, 0.5) is 0 Å². The van der Waals surface area contributed by atoms with Gasteiger partial charge in [0.1, 0.15) is 0 Å². The maximum atomic E-state index is 10.3. The second kappa shape index (κ2) is 3.82. The van der Waals surface area contributed by atoms with E-state index in [2.05, 4.69) is 0 Å². The monoisotopic (exact) mass is 200 g/mol. The van der Waals surface area contributed by atoms with Gasteiger partial charge in [0.05, 0.1) is 12.2 Å². The first-order valence-electron chi connectivity index (χ1n) is 5.64. The van der Waals surface area contributed by atoms with Gasteiger partial charge in [-0.1, -0.05) is 40.5 Å². The smallest absolute Gasteiger partial charge is 0.0666 e. The van der Waals surface area contributed by atoms with E-state index in [-0.39, 0.29) is 16.9 Å². The van der Waals surface area contributed by atoms with Crippen LogP contribution in [0.5, 0.6) is 0 Å². The van der Waals surface area contributed by atoms with Gasteiger partial charge in [-0.2, -0.15) is 0 Å². The van der Waals surface area contributed by atoms with Crippen LogP contribution in [0.1, 0.15) is 53.4 Å². The summed E-state index contributed by atoms with van der Waals surface area (Å²) in [4.78, 5) is 0. The zero-order valence-electron chi connectivity index (χ0n) is 9.88. The fraction of sp³-hybridized carbons (Fsp3) is 1.00. The third-order valence-electron chi connectivity index (χ3n) is 3.65. The summed E-state index contributed by atoms with van der Waals surface area (Å²) >= 11 is 0. The predicted molar refractivity (Wildman–Crippen MR) is 58.0 cm³/mol. The molecule has 0 spiro atoms. The Morgan fingerprint density at radius 3 is 2.29 bits per heavy atom. The molecule has 2 N–H and O–H groups in total. The Morgan fingerprint density at radius 2 is 1.86 bits per heavy atom. The Bertz CT molecular complexity index is 195. The Balaban J connectivity index is 2.81. The standard InChI is InChI=1S/C12H24O2/c1-11(2,3)10(14)12(4)8-6-5-7-9(12)13/h9-10,13-14H,5-8H2,1-4H3. The molecule has 1 saturated carbocycles. The number of hydrogen-bond donors (Lipinski definition) is 2. The van der Waals surface area contributed by atoms with E-state index in [1.54, 1.807) is 0 Å². The first-order valence-corrected chi connectivity index (χ1v) is 5.64. The van der Waals surface area contributed by atoms with Crippen LogP contribution in [-0.2, 0) is 0 Å². The zero-order chi connectivity index (χ0) is 11.0. The number of rotatable bonds is 1. The Hall–Kier alpha value is -0.0800. The van der Waals surface area contributed by atoms with E-state index >= 15 is 0 Å². The van der Waals surface area contributed by atoms with Crippen molar-refractivity contribution in [3.8, 4) is 0 Å². The second-order valence-corrected chi connectivity index (χ2v) is 6.04. The number of hydrogen-bond acceptors (Lipinski definition) is 2. The minimum Gasteiger partial charge on any atom is -0.392 e. The van der Waals surface area contributed by atoms with Gasteiger partial charge in [0.15, 0.2) is 0 Å². The van der Waals surface area contributed by atoms with Gasteiger partial charge in [0.2, 0.25) is 0 Å². The summed E-state index contributed by atoms with van der Waals surface area (Å²) in [6.45, 7) is 8.12. The van der Waals surface area contributed by atoms with Gasteiger partial charge < -0.3 is 10.2 Å². The maximum Gasteiger partial charge on any atom is 0.0666 e. The molecule has 3 atom stereocenters. The highest BCUT2D eigenvalue weighted by Gasteiger charge is 2.46. The molecule has 1 aliphatic rings. The molecule has 0 bridgehead atoms. The molecule has 2 heteroatoms. The summed E-state index contributed by atoms with van der Waals surface area (Å²) in [5.41, 5.74) is -0.455. The van der Waals surface area contributed by atoms with E-state index in [1.807, 2.05) is 27.7 Å². The molecule has 0 aliphatic heterocycles. The number of aliphatic hydroxyl groups excluding tert-OH is 2. The highest BCUT2D eigenvalue weighted by Crippen LogP contribution is 2.44. The lowest BCUT2D eigenvalue weighted by Crippen LogP contribution is -2.50. The van der Waals surface area contributed by atoms with E-state index < -0.39 is 6.10 Å². The normalized spacial score (nSPS) is 36.9. The predicted octanol–water partition coefficient (Wildman–Crippen LogP) is 2.33. The fourth-order valence-corrected chi connectivity index (χ4v) is 2.65. The molecule has 14 heavy (non-hydrogen) atoms. The lowest BCUT2D eigenvalue weighted by Gasteiger charge is -2.47. The lowest BCUT2D eigenvalue weighted by atomic mass is 9.63. The quantitative estimate of drug-likeness (QED) is 0.682. The van der Waals surface area contributed by atoms with Crippen molar-refractivity contribution in [1.29, 1.82) is 0 Å². The molecule has 0 radical (unpaired) electrons. The van der Waals surface area contributed by atoms with Crippen LogP contribution >= 0.6 is 0 Å². The third kappa shape index (κ3) is 2.12. The lowest BCUT2D eigenvalue weighted by molar-refractivity contribution is -0.123. The van der Waals surface area contributed by atoms with Crippen molar-refractivity contribution in [2.45, 2.75) is 65.6 Å². The highest BCUT2D eigenvalue weighted by molar-refractivity contribution is 4.96. The highest BCUT2D eigenvalue weighted by atomic mass is 16.3. The molecule has 0 aromatic rings. The summed E-state index contributed by atoms with van der Waals surface area (Å²) in [5, 5.41) is 20.3. The molecule has 0 saturated heterocycles. The average molecular weight is 200 g/mol. The van der Waals surface area contributed by atoms with E-state index in [9.17, 15) is 10.2 Å². The molecular weight excluding hydrogens is 176 g/mol. The van der Waals surface area contributed by atoms with Crippen LogP contribution in [0.3, 0.4) is 0 Å². The van der Waals surface area contributed by atoms with E-state index in [0.717, 1.165) is 25.7 Å². The van der Waals surface area contributed by atoms with Gasteiger partial charge >= 0.3 is 0 Å². The molecule has 1 fully saturated rings. The second-order valence-electron chi connectivity index (χ2n) is 6.04. The van der Waals surface area contributed by atoms with Gasteiger partial charge in [-0.3, -0.25) is 0 Å². The molecule has 1 rings (SSSR count). The van der Waals surface area contributed by atoms with Gasteiger partial charge in [0.25, 0.3) is 0 Å². The average Bonchev–Trinajstić information content (AvgIpc) is 2.07. The van der Waals surface area contributed by atoms with E-state index in [4.69, 9.17) is 0 Å². The Labute approximate surface area is 87.3 Å². The summed E-state index contributed by atoms with van der Waals surface area (Å²) in [5.74, 6) is 0.